The number of hydrogen-bond donors (Lipinski definition) is 2. The van der Waals surface area contributed by atoms with Gasteiger partial charge in [-0.15, -0.1) is 0 Å². The fourth-order valence-corrected chi connectivity index (χ4v) is 2.60. The molecule has 2 aromatic rings. The Hall–Kier alpha value is -2.27. The predicted octanol–water partition coefficient (Wildman–Crippen LogP) is 1.64. The zero-order valence-electron chi connectivity index (χ0n) is 11.9. The predicted molar refractivity (Wildman–Crippen MR) is 80.7 cm³/mol. The molecule has 1 aliphatic rings. The topological polar surface area (TPSA) is 64.0 Å². The first kappa shape index (κ1) is 13.7. The van der Waals surface area contributed by atoms with Crippen LogP contribution in [0.2, 0.25) is 0 Å². The first-order valence-corrected chi connectivity index (χ1v) is 6.98. The molecule has 0 saturated carbocycles. The van der Waals surface area contributed by atoms with Gasteiger partial charge in [-0.25, -0.2) is 0 Å². The lowest BCUT2D eigenvalue weighted by atomic mass is 10.0. The molecular formula is C16H18N2O3. The van der Waals surface area contributed by atoms with Crippen LogP contribution in [0.3, 0.4) is 0 Å². The zero-order chi connectivity index (χ0) is 15.0. The van der Waals surface area contributed by atoms with Crippen LogP contribution in [0.1, 0.15) is 10.4 Å². The van der Waals surface area contributed by atoms with Gasteiger partial charge in [-0.3, -0.25) is 4.79 Å². The highest BCUT2D eigenvalue weighted by atomic mass is 16.3. The van der Waals surface area contributed by atoms with E-state index in [0.29, 0.717) is 5.56 Å². The van der Waals surface area contributed by atoms with Crippen molar-refractivity contribution >= 4 is 16.7 Å². The number of likely N-dealkylation sites (N-methyl/N-ethyl adjacent to an activating group) is 1. The molecule has 0 aromatic heterocycles. The number of hydrogen-bond acceptors (Lipinski definition) is 4. The average Bonchev–Trinajstić information content (AvgIpc) is 2.48. The minimum absolute atomic E-state index is 0.0116. The van der Waals surface area contributed by atoms with Gasteiger partial charge in [0.05, 0.1) is 0 Å². The van der Waals surface area contributed by atoms with Crippen LogP contribution in [0.5, 0.6) is 11.5 Å². The SMILES string of the molecule is CN1CCN(C(=O)c2ccc3cc(O)c(O)cc3c2)CC1. The molecule has 1 saturated heterocycles. The molecule has 2 N–H and O–H groups in total. The quantitative estimate of drug-likeness (QED) is 0.782. The van der Waals surface area contributed by atoms with Crippen LogP contribution in [-0.4, -0.2) is 59.1 Å². The van der Waals surface area contributed by atoms with Gasteiger partial charge in [0, 0.05) is 31.7 Å². The molecule has 0 aliphatic carbocycles. The zero-order valence-corrected chi connectivity index (χ0v) is 11.9. The van der Waals surface area contributed by atoms with Crippen molar-refractivity contribution < 1.29 is 15.0 Å². The number of phenols is 2. The molecule has 110 valence electrons. The molecule has 1 heterocycles. The molecule has 2 aromatic carbocycles. The number of rotatable bonds is 1. The van der Waals surface area contributed by atoms with Crippen molar-refractivity contribution in [3.05, 3.63) is 35.9 Å². The third-order valence-electron chi connectivity index (χ3n) is 3.97. The van der Waals surface area contributed by atoms with E-state index in [4.69, 9.17) is 0 Å². The van der Waals surface area contributed by atoms with Crippen molar-refractivity contribution in [1.29, 1.82) is 0 Å². The van der Waals surface area contributed by atoms with Crippen LogP contribution >= 0.6 is 0 Å². The van der Waals surface area contributed by atoms with E-state index in [1.807, 2.05) is 11.9 Å². The number of carbonyl (C=O) groups is 1. The van der Waals surface area contributed by atoms with E-state index in [9.17, 15) is 15.0 Å². The lowest BCUT2D eigenvalue weighted by Crippen LogP contribution is -2.47. The molecule has 0 radical (unpaired) electrons. The molecule has 1 aliphatic heterocycles. The van der Waals surface area contributed by atoms with Gasteiger partial charge in [0.1, 0.15) is 0 Å². The maximum Gasteiger partial charge on any atom is 0.253 e. The van der Waals surface area contributed by atoms with E-state index >= 15 is 0 Å². The van der Waals surface area contributed by atoms with Crippen LogP contribution in [0, 0.1) is 0 Å². The summed E-state index contributed by atoms with van der Waals surface area (Å²) >= 11 is 0. The summed E-state index contributed by atoms with van der Waals surface area (Å²) in [6.45, 7) is 3.23. The first-order chi connectivity index (χ1) is 10.0. The molecule has 1 fully saturated rings. The smallest absolute Gasteiger partial charge is 0.253 e. The van der Waals surface area contributed by atoms with Gasteiger partial charge in [0.15, 0.2) is 11.5 Å². The third kappa shape index (κ3) is 2.64. The number of benzene rings is 2. The Morgan fingerprint density at radius 3 is 2.24 bits per heavy atom. The Balaban J connectivity index is 1.90. The summed E-state index contributed by atoms with van der Waals surface area (Å²) < 4.78 is 0. The molecule has 0 bridgehead atoms. The Labute approximate surface area is 123 Å². The van der Waals surface area contributed by atoms with E-state index in [0.717, 1.165) is 37.0 Å². The summed E-state index contributed by atoms with van der Waals surface area (Å²) in [4.78, 5) is 16.5. The molecular weight excluding hydrogens is 268 g/mol. The molecule has 0 unspecified atom stereocenters. The van der Waals surface area contributed by atoms with Crippen molar-refractivity contribution in [3.63, 3.8) is 0 Å². The number of piperazine rings is 1. The summed E-state index contributed by atoms with van der Waals surface area (Å²) in [6.07, 6.45) is 0. The molecule has 5 nitrogen and oxygen atoms in total. The lowest BCUT2D eigenvalue weighted by molar-refractivity contribution is 0.0664. The second kappa shape index (κ2) is 5.26. The first-order valence-electron chi connectivity index (χ1n) is 6.98. The Morgan fingerprint density at radius 2 is 1.57 bits per heavy atom. The van der Waals surface area contributed by atoms with Gasteiger partial charge >= 0.3 is 0 Å². The monoisotopic (exact) mass is 286 g/mol. The van der Waals surface area contributed by atoms with Gasteiger partial charge in [-0.1, -0.05) is 6.07 Å². The van der Waals surface area contributed by atoms with E-state index < -0.39 is 0 Å². The maximum atomic E-state index is 12.5. The molecule has 3 rings (SSSR count). The van der Waals surface area contributed by atoms with E-state index in [2.05, 4.69) is 4.90 Å². The second-order valence-electron chi connectivity index (χ2n) is 5.50. The van der Waals surface area contributed by atoms with Gasteiger partial charge in [-0.2, -0.15) is 0 Å². The van der Waals surface area contributed by atoms with Crippen molar-refractivity contribution in [2.24, 2.45) is 0 Å². The maximum absolute atomic E-state index is 12.5. The fourth-order valence-electron chi connectivity index (χ4n) is 2.60. The van der Waals surface area contributed by atoms with Crippen LogP contribution < -0.4 is 0 Å². The molecule has 0 spiro atoms. The van der Waals surface area contributed by atoms with Gasteiger partial charge < -0.3 is 20.0 Å². The Kier molecular flexibility index (Phi) is 3.43. The van der Waals surface area contributed by atoms with Crippen molar-refractivity contribution in [2.45, 2.75) is 0 Å². The van der Waals surface area contributed by atoms with Crippen molar-refractivity contribution in [3.8, 4) is 11.5 Å². The van der Waals surface area contributed by atoms with Crippen molar-refractivity contribution in [2.75, 3.05) is 33.2 Å². The molecule has 1 amide bonds. The van der Waals surface area contributed by atoms with Gasteiger partial charge in [-0.05, 0) is 42.1 Å². The van der Waals surface area contributed by atoms with Crippen LogP contribution in [-0.2, 0) is 0 Å². The third-order valence-corrected chi connectivity index (χ3v) is 3.97. The summed E-state index contributed by atoms with van der Waals surface area (Å²) in [7, 11) is 2.05. The van der Waals surface area contributed by atoms with E-state index in [1.54, 1.807) is 18.2 Å². The summed E-state index contributed by atoms with van der Waals surface area (Å²) in [5, 5.41) is 20.6. The van der Waals surface area contributed by atoms with Gasteiger partial charge in [0.2, 0.25) is 0 Å². The number of carbonyl (C=O) groups excluding carboxylic acids is 1. The number of nitrogens with zero attached hydrogens (tertiary/aromatic N) is 2. The summed E-state index contributed by atoms with van der Waals surface area (Å²) in [6, 6.07) is 8.28. The number of amides is 1. The highest BCUT2D eigenvalue weighted by Gasteiger charge is 2.20. The lowest BCUT2D eigenvalue weighted by Gasteiger charge is -2.32. The fraction of sp³-hybridized carbons (Fsp3) is 0.312. The molecule has 21 heavy (non-hydrogen) atoms. The Morgan fingerprint density at radius 1 is 0.952 bits per heavy atom. The minimum atomic E-state index is -0.174. The minimum Gasteiger partial charge on any atom is -0.504 e. The van der Waals surface area contributed by atoms with E-state index in [1.165, 1.54) is 12.1 Å². The van der Waals surface area contributed by atoms with Crippen molar-refractivity contribution in [1.82, 2.24) is 9.80 Å². The standard InChI is InChI=1S/C16H18N2O3/c1-17-4-6-18(7-5-17)16(21)12-3-2-11-9-14(19)15(20)10-13(11)8-12/h2-3,8-10,19-20H,4-7H2,1H3. The largest absolute Gasteiger partial charge is 0.504 e. The Bertz CT molecular complexity index is 691. The highest BCUT2D eigenvalue weighted by Crippen LogP contribution is 2.30. The summed E-state index contributed by atoms with van der Waals surface area (Å²) in [5.74, 6) is -0.315. The van der Waals surface area contributed by atoms with Crippen LogP contribution in [0.25, 0.3) is 10.8 Å². The molecule has 5 heteroatoms. The van der Waals surface area contributed by atoms with Crippen LogP contribution in [0.4, 0.5) is 0 Å². The second-order valence-corrected chi connectivity index (χ2v) is 5.50. The molecule has 0 atom stereocenters. The van der Waals surface area contributed by atoms with Gasteiger partial charge in [0.25, 0.3) is 5.91 Å². The number of aromatic hydroxyl groups is 2. The summed E-state index contributed by atoms with van der Waals surface area (Å²) in [5.41, 5.74) is 0.608. The average molecular weight is 286 g/mol. The van der Waals surface area contributed by atoms with E-state index in [-0.39, 0.29) is 17.4 Å². The number of phenolic OH excluding ortho intramolecular Hbond substituents is 2. The van der Waals surface area contributed by atoms with Crippen LogP contribution in [0.15, 0.2) is 30.3 Å². The number of fused-ring (bicyclic) bond motifs is 1. The highest BCUT2D eigenvalue weighted by molar-refractivity contribution is 5.99. The normalized spacial score (nSPS) is 16.3.